The molecule has 0 unspecified atom stereocenters. The van der Waals surface area contributed by atoms with Gasteiger partial charge in [0.1, 0.15) is 0 Å². The fourth-order valence-electron chi connectivity index (χ4n) is 1.41. The van der Waals surface area contributed by atoms with Gasteiger partial charge in [-0.3, -0.25) is 0 Å². The van der Waals surface area contributed by atoms with Crippen molar-refractivity contribution in [3.8, 4) is 0 Å². The van der Waals surface area contributed by atoms with Crippen molar-refractivity contribution in [1.82, 2.24) is 0 Å². The molecule has 0 atom stereocenters. The summed E-state index contributed by atoms with van der Waals surface area (Å²) in [7, 11) is 4.09. The number of nitrogens with two attached hydrogens (primary N) is 1. The van der Waals surface area contributed by atoms with Gasteiger partial charge in [-0.2, -0.15) is 0 Å². The van der Waals surface area contributed by atoms with Gasteiger partial charge in [0.15, 0.2) is 0 Å². The average molecular weight is 242 g/mol. The SMILES string of the molecule is Cc1ccc(N(C)C)cc1.Cc1ccc(N)cc1. The quantitative estimate of drug-likeness (QED) is 0.774. The van der Waals surface area contributed by atoms with E-state index in [1.165, 1.54) is 16.8 Å². The third-order valence-corrected chi connectivity index (χ3v) is 2.63. The second-order valence-electron chi connectivity index (χ2n) is 4.64. The van der Waals surface area contributed by atoms with Crippen LogP contribution in [0.15, 0.2) is 48.5 Å². The van der Waals surface area contributed by atoms with Crippen LogP contribution in [0.5, 0.6) is 0 Å². The first kappa shape index (κ1) is 14.1. The van der Waals surface area contributed by atoms with E-state index in [1.54, 1.807) is 0 Å². The molecule has 0 bridgehead atoms. The maximum Gasteiger partial charge on any atom is 0.0361 e. The van der Waals surface area contributed by atoms with Gasteiger partial charge in [-0.25, -0.2) is 0 Å². The molecule has 96 valence electrons. The summed E-state index contributed by atoms with van der Waals surface area (Å²) in [6.07, 6.45) is 0. The molecular formula is C16H22N2. The molecule has 0 spiro atoms. The summed E-state index contributed by atoms with van der Waals surface area (Å²) in [6.45, 7) is 4.14. The van der Waals surface area contributed by atoms with E-state index < -0.39 is 0 Å². The van der Waals surface area contributed by atoms with E-state index in [4.69, 9.17) is 5.73 Å². The van der Waals surface area contributed by atoms with E-state index in [9.17, 15) is 0 Å². The minimum atomic E-state index is 0.829. The molecule has 2 aromatic carbocycles. The van der Waals surface area contributed by atoms with Crippen LogP contribution >= 0.6 is 0 Å². The highest BCUT2D eigenvalue weighted by Gasteiger charge is 1.90. The smallest absolute Gasteiger partial charge is 0.0361 e. The van der Waals surface area contributed by atoms with Crippen molar-refractivity contribution in [1.29, 1.82) is 0 Å². The Morgan fingerprint density at radius 1 is 0.722 bits per heavy atom. The Morgan fingerprint density at radius 3 is 1.44 bits per heavy atom. The van der Waals surface area contributed by atoms with Crippen molar-refractivity contribution in [3.63, 3.8) is 0 Å². The number of rotatable bonds is 1. The number of hydrogen-bond donors (Lipinski definition) is 1. The molecule has 0 aliphatic carbocycles. The number of benzene rings is 2. The lowest BCUT2D eigenvalue weighted by molar-refractivity contribution is 1.13. The maximum atomic E-state index is 5.43. The Morgan fingerprint density at radius 2 is 1.11 bits per heavy atom. The molecule has 2 aromatic rings. The highest BCUT2D eigenvalue weighted by Crippen LogP contribution is 2.10. The van der Waals surface area contributed by atoms with Crippen molar-refractivity contribution in [3.05, 3.63) is 59.7 Å². The van der Waals surface area contributed by atoms with Gasteiger partial charge in [0, 0.05) is 25.5 Å². The van der Waals surface area contributed by atoms with Gasteiger partial charge in [-0.15, -0.1) is 0 Å². The van der Waals surface area contributed by atoms with Crippen LogP contribution in [-0.2, 0) is 0 Å². The van der Waals surface area contributed by atoms with Crippen molar-refractivity contribution in [2.75, 3.05) is 24.7 Å². The van der Waals surface area contributed by atoms with Crippen molar-refractivity contribution < 1.29 is 0 Å². The summed E-state index contributed by atoms with van der Waals surface area (Å²) in [4.78, 5) is 2.10. The Labute approximate surface area is 110 Å². The van der Waals surface area contributed by atoms with Crippen LogP contribution < -0.4 is 10.6 Å². The van der Waals surface area contributed by atoms with E-state index in [1.807, 2.05) is 45.3 Å². The molecule has 18 heavy (non-hydrogen) atoms. The maximum absolute atomic E-state index is 5.43. The van der Waals surface area contributed by atoms with Crippen LogP contribution in [-0.4, -0.2) is 14.1 Å². The zero-order chi connectivity index (χ0) is 13.5. The Kier molecular flexibility index (Phi) is 5.25. The fourth-order valence-corrected chi connectivity index (χ4v) is 1.41. The molecule has 0 saturated heterocycles. The van der Waals surface area contributed by atoms with Crippen LogP contribution in [0.25, 0.3) is 0 Å². The third-order valence-electron chi connectivity index (χ3n) is 2.63. The average Bonchev–Trinajstić information content (AvgIpc) is 2.34. The van der Waals surface area contributed by atoms with Crippen LogP contribution in [0.3, 0.4) is 0 Å². The molecule has 2 nitrogen and oxygen atoms in total. The summed E-state index contributed by atoms with van der Waals surface area (Å²) >= 11 is 0. The zero-order valence-corrected chi connectivity index (χ0v) is 11.6. The normalized spacial score (nSPS) is 9.33. The lowest BCUT2D eigenvalue weighted by Crippen LogP contribution is -2.07. The standard InChI is InChI=1S/C9H13N.C7H9N/c1-8-4-6-9(7-5-8)10(2)3;1-6-2-4-7(8)5-3-6/h4-7H,1-3H3;2-5H,8H2,1H3. The largest absolute Gasteiger partial charge is 0.399 e. The fraction of sp³-hybridized carbons (Fsp3) is 0.250. The van der Waals surface area contributed by atoms with Crippen LogP contribution in [0.4, 0.5) is 11.4 Å². The first-order chi connectivity index (χ1) is 8.49. The van der Waals surface area contributed by atoms with Crippen molar-refractivity contribution >= 4 is 11.4 Å². The lowest BCUT2D eigenvalue weighted by Gasteiger charge is -2.11. The molecule has 0 aliphatic rings. The van der Waals surface area contributed by atoms with Gasteiger partial charge < -0.3 is 10.6 Å². The third kappa shape index (κ3) is 4.91. The summed E-state index contributed by atoms with van der Waals surface area (Å²) in [5, 5.41) is 0. The number of aryl methyl sites for hydroxylation is 2. The van der Waals surface area contributed by atoms with Gasteiger partial charge in [0.25, 0.3) is 0 Å². The number of nitrogen functional groups attached to an aromatic ring is 1. The molecule has 2 N–H and O–H groups in total. The van der Waals surface area contributed by atoms with E-state index in [0.717, 1.165) is 5.69 Å². The molecule has 2 rings (SSSR count). The molecule has 0 radical (unpaired) electrons. The minimum absolute atomic E-state index is 0.829. The number of nitrogens with zero attached hydrogens (tertiary/aromatic N) is 1. The zero-order valence-electron chi connectivity index (χ0n) is 11.6. The summed E-state index contributed by atoms with van der Waals surface area (Å²) in [5.74, 6) is 0. The van der Waals surface area contributed by atoms with Crippen LogP contribution in [0.1, 0.15) is 11.1 Å². The molecule has 0 amide bonds. The highest BCUT2D eigenvalue weighted by molar-refractivity contribution is 5.45. The van der Waals surface area contributed by atoms with E-state index >= 15 is 0 Å². The van der Waals surface area contributed by atoms with Gasteiger partial charge in [0.2, 0.25) is 0 Å². The Balaban J connectivity index is 0.000000184. The lowest BCUT2D eigenvalue weighted by atomic mass is 10.2. The topological polar surface area (TPSA) is 29.3 Å². The van der Waals surface area contributed by atoms with E-state index in [2.05, 4.69) is 36.1 Å². The first-order valence-electron chi connectivity index (χ1n) is 6.05. The number of hydrogen-bond acceptors (Lipinski definition) is 2. The molecule has 0 heterocycles. The van der Waals surface area contributed by atoms with Crippen molar-refractivity contribution in [2.24, 2.45) is 0 Å². The second kappa shape index (κ2) is 6.70. The van der Waals surface area contributed by atoms with Gasteiger partial charge in [-0.05, 0) is 38.1 Å². The second-order valence-corrected chi connectivity index (χ2v) is 4.64. The molecule has 0 fully saturated rings. The number of anilines is 2. The monoisotopic (exact) mass is 242 g/mol. The van der Waals surface area contributed by atoms with E-state index in [0.29, 0.717) is 0 Å². The first-order valence-corrected chi connectivity index (χ1v) is 6.05. The van der Waals surface area contributed by atoms with E-state index in [-0.39, 0.29) is 0 Å². The predicted molar refractivity (Wildman–Crippen MR) is 81.1 cm³/mol. The van der Waals surface area contributed by atoms with Crippen molar-refractivity contribution in [2.45, 2.75) is 13.8 Å². The van der Waals surface area contributed by atoms with Crippen LogP contribution in [0, 0.1) is 13.8 Å². The molecule has 2 heteroatoms. The molecule has 0 aromatic heterocycles. The Bertz CT molecular complexity index is 434. The molecular weight excluding hydrogens is 220 g/mol. The predicted octanol–water partition coefficient (Wildman–Crippen LogP) is 3.64. The van der Waals surface area contributed by atoms with Gasteiger partial charge in [-0.1, -0.05) is 35.4 Å². The van der Waals surface area contributed by atoms with Gasteiger partial charge >= 0.3 is 0 Å². The minimum Gasteiger partial charge on any atom is -0.399 e. The molecule has 0 aliphatic heterocycles. The summed E-state index contributed by atoms with van der Waals surface area (Å²) < 4.78 is 0. The van der Waals surface area contributed by atoms with Crippen LogP contribution in [0.2, 0.25) is 0 Å². The van der Waals surface area contributed by atoms with Gasteiger partial charge in [0.05, 0.1) is 0 Å². The molecule has 0 saturated carbocycles. The summed E-state index contributed by atoms with van der Waals surface area (Å²) in [5.41, 5.74) is 10.1. The highest BCUT2D eigenvalue weighted by atomic mass is 15.1. The summed E-state index contributed by atoms with van der Waals surface area (Å²) in [6, 6.07) is 16.3. The Hall–Kier alpha value is -1.96.